The van der Waals surface area contributed by atoms with Gasteiger partial charge in [-0.1, -0.05) is 50.2 Å². The fourth-order valence-electron chi connectivity index (χ4n) is 4.37. The first-order chi connectivity index (χ1) is 15.9. The van der Waals surface area contributed by atoms with Crippen LogP contribution in [0.4, 0.5) is 16.0 Å². The van der Waals surface area contributed by atoms with Crippen LogP contribution in [0, 0.1) is 5.82 Å². The van der Waals surface area contributed by atoms with Crippen molar-refractivity contribution in [3.63, 3.8) is 0 Å². The van der Waals surface area contributed by atoms with Crippen LogP contribution in [0.15, 0.2) is 84.1 Å². The quantitative estimate of drug-likeness (QED) is 0.396. The van der Waals surface area contributed by atoms with Crippen LogP contribution in [0.5, 0.6) is 0 Å². The molecule has 0 bridgehead atoms. The Hall–Kier alpha value is -3.93. The maximum Gasteiger partial charge on any atom is 0.255 e. The van der Waals surface area contributed by atoms with Crippen molar-refractivity contribution in [2.45, 2.75) is 32.7 Å². The molecule has 2 N–H and O–H groups in total. The number of fused-ring (bicyclic) bond motifs is 3. The topological polar surface area (TPSA) is 59.0 Å². The molecule has 0 saturated carbocycles. The number of aromatic nitrogens is 2. The molecular formula is C27H25FN4O. The first kappa shape index (κ1) is 20.9. The second kappa shape index (κ2) is 8.20. The van der Waals surface area contributed by atoms with Crippen LogP contribution in [0.2, 0.25) is 0 Å². The summed E-state index contributed by atoms with van der Waals surface area (Å²) in [5.41, 5.74) is 5.89. The molecule has 0 saturated heterocycles. The number of amides is 1. The van der Waals surface area contributed by atoms with Crippen LogP contribution < -0.4 is 10.6 Å². The summed E-state index contributed by atoms with van der Waals surface area (Å²) in [5.74, 6) is 0.522. The molecule has 0 radical (unpaired) electrons. The molecule has 5 nitrogen and oxygen atoms in total. The first-order valence-electron chi connectivity index (χ1n) is 11.0. The third-order valence-corrected chi connectivity index (χ3v) is 6.10. The van der Waals surface area contributed by atoms with Crippen molar-refractivity contribution in [3.8, 4) is 0 Å². The largest absolute Gasteiger partial charge is 0.329 e. The van der Waals surface area contributed by atoms with Gasteiger partial charge in [0.25, 0.3) is 5.91 Å². The maximum absolute atomic E-state index is 13.6. The minimum atomic E-state index is -0.365. The number of anilines is 2. The number of rotatable bonds is 4. The minimum Gasteiger partial charge on any atom is -0.329 e. The van der Waals surface area contributed by atoms with Crippen LogP contribution in [0.25, 0.3) is 11.0 Å². The highest BCUT2D eigenvalue weighted by atomic mass is 19.1. The van der Waals surface area contributed by atoms with Crippen molar-refractivity contribution < 1.29 is 9.18 Å². The molecule has 6 heteroatoms. The smallest absolute Gasteiger partial charge is 0.255 e. The van der Waals surface area contributed by atoms with E-state index in [0.717, 1.165) is 22.3 Å². The number of hydrogen-bond donors (Lipinski definition) is 2. The number of halogens is 1. The predicted molar refractivity (Wildman–Crippen MR) is 130 cm³/mol. The monoisotopic (exact) mass is 440 g/mol. The molecule has 0 spiro atoms. The molecule has 1 aromatic heterocycles. The Bertz CT molecular complexity index is 1370. The summed E-state index contributed by atoms with van der Waals surface area (Å²) in [6.45, 7) is 6.21. The van der Waals surface area contributed by atoms with E-state index in [-0.39, 0.29) is 17.8 Å². The first-order valence-corrected chi connectivity index (χ1v) is 11.0. The van der Waals surface area contributed by atoms with Crippen molar-refractivity contribution in [1.29, 1.82) is 0 Å². The van der Waals surface area contributed by atoms with Gasteiger partial charge in [-0.15, -0.1) is 0 Å². The van der Waals surface area contributed by atoms with Gasteiger partial charge in [-0.25, -0.2) is 9.37 Å². The average molecular weight is 441 g/mol. The lowest BCUT2D eigenvalue weighted by Gasteiger charge is -2.31. The third kappa shape index (κ3) is 3.78. The van der Waals surface area contributed by atoms with Crippen molar-refractivity contribution >= 4 is 28.6 Å². The van der Waals surface area contributed by atoms with Gasteiger partial charge in [-0.2, -0.15) is 0 Å². The van der Waals surface area contributed by atoms with Gasteiger partial charge in [-0.3, -0.25) is 9.36 Å². The Morgan fingerprint density at radius 3 is 2.42 bits per heavy atom. The number of nitrogens with one attached hydrogen (secondary N) is 2. The van der Waals surface area contributed by atoms with E-state index in [0.29, 0.717) is 23.1 Å². The van der Waals surface area contributed by atoms with E-state index in [1.54, 1.807) is 12.1 Å². The second-order valence-corrected chi connectivity index (χ2v) is 8.64. The van der Waals surface area contributed by atoms with Crippen molar-refractivity contribution in [2.24, 2.45) is 0 Å². The summed E-state index contributed by atoms with van der Waals surface area (Å²) in [6, 6.07) is 21.7. The zero-order chi connectivity index (χ0) is 23.1. The van der Waals surface area contributed by atoms with Gasteiger partial charge in [0.05, 0.1) is 22.6 Å². The summed E-state index contributed by atoms with van der Waals surface area (Å²) in [5, 5.41) is 6.25. The summed E-state index contributed by atoms with van der Waals surface area (Å²) in [6.07, 6.45) is 0. The minimum absolute atomic E-state index is 0.243. The molecule has 1 atom stereocenters. The molecule has 1 amide bonds. The fraction of sp³-hybridized carbons (Fsp3) is 0.185. The van der Waals surface area contributed by atoms with Crippen LogP contribution in [0.1, 0.15) is 43.9 Å². The zero-order valence-corrected chi connectivity index (χ0v) is 18.8. The van der Waals surface area contributed by atoms with Crippen molar-refractivity contribution in [1.82, 2.24) is 9.55 Å². The number of hydrogen-bond acceptors (Lipinski definition) is 3. The van der Waals surface area contributed by atoms with Crippen LogP contribution in [-0.2, 0) is 4.79 Å². The SMILES string of the molecule is CC1=C(C(=O)Nc2ccc(F)cc2)[C@H](c2ccc(C(C)C)cc2)n2c(nc3ccccc32)N1. The van der Waals surface area contributed by atoms with Gasteiger partial charge < -0.3 is 10.6 Å². The number of carbonyl (C=O) groups excluding carboxylic acids is 1. The van der Waals surface area contributed by atoms with Crippen molar-refractivity contribution in [2.75, 3.05) is 10.6 Å². The Morgan fingerprint density at radius 1 is 1.03 bits per heavy atom. The molecule has 166 valence electrons. The van der Waals surface area contributed by atoms with Crippen LogP contribution in [0.3, 0.4) is 0 Å². The zero-order valence-electron chi connectivity index (χ0n) is 18.8. The van der Waals surface area contributed by atoms with Crippen LogP contribution >= 0.6 is 0 Å². The molecule has 3 aromatic carbocycles. The van der Waals surface area contributed by atoms with Gasteiger partial charge in [0.1, 0.15) is 5.82 Å². The Kier molecular flexibility index (Phi) is 5.21. The highest BCUT2D eigenvalue weighted by Gasteiger charge is 2.34. The molecule has 1 aliphatic rings. The molecule has 0 unspecified atom stereocenters. The Labute approximate surface area is 192 Å². The summed E-state index contributed by atoms with van der Waals surface area (Å²) < 4.78 is 15.4. The Morgan fingerprint density at radius 2 is 1.73 bits per heavy atom. The number of carbonyl (C=O) groups is 1. The second-order valence-electron chi connectivity index (χ2n) is 8.64. The lowest BCUT2D eigenvalue weighted by Crippen LogP contribution is -2.30. The van der Waals surface area contributed by atoms with E-state index in [1.807, 2.05) is 31.2 Å². The van der Waals surface area contributed by atoms with Gasteiger partial charge in [-0.05, 0) is 60.4 Å². The molecule has 1 aliphatic heterocycles. The molecule has 0 fully saturated rings. The summed E-state index contributed by atoms with van der Waals surface area (Å²) >= 11 is 0. The van der Waals surface area contributed by atoms with E-state index in [9.17, 15) is 9.18 Å². The molecular weight excluding hydrogens is 415 g/mol. The number of allylic oxidation sites excluding steroid dienone is 1. The van der Waals surface area contributed by atoms with Gasteiger partial charge >= 0.3 is 0 Å². The predicted octanol–water partition coefficient (Wildman–Crippen LogP) is 6.23. The van der Waals surface area contributed by atoms with Crippen LogP contribution in [-0.4, -0.2) is 15.5 Å². The number of nitrogens with zero attached hydrogens (tertiary/aromatic N) is 2. The standard InChI is InChI=1S/C27H25FN4O/c1-16(2)18-8-10-19(11-9-18)25-24(26(33)30-21-14-12-20(28)13-15-21)17(3)29-27-31-22-6-4-5-7-23(22)32(25)27/h4-16,25H,1-3H3,(H,29,31)(H,30,33)/t25-/m0/s1. The van der Waals surface area contributed by atoms with Gasteiger partial charge in [0, 0.05) is 11.4 Å². The normalized spacial score (nSPS) is 15.5. The lowest BCUT2D eigenvalue weighted by atomic mass is 9.92. The lowest BCUT2D eigenvalue weighted by molar-refractivity contribution is -0.113. The van der Waals surface area contributed by atoms with E-state index in [4.69, 9.17) is 4.98 Å². The number of benzene rings is 3. The molecule has 5 rings (SSSR count). The number of para-hydroxylation sites is 2. The highest BCUT2D eigenvalue weighted by Crippen LogP contribution is 2.39. The van der Waals surface area contributed by atoms with E-state index < -0.39 is 0 Å². The number of imidazole rings is 1. The average Bonchev–Trinajstić information content (AvgIpc) is 3.17. The summed E-state index contributed by atoms with van der Waals surface area (Å²) in [7, 11) is 0. The van der Waals surface area contributed by atoms with Gasteiger partial charge in [0.2, 0.25) is 5.95 Å². The van der Waals surface area contributed by atoms with Crippen molar-refractivity contribution in [3.05, 3.63) is 101 Å². The summed E-state index contributed by atoms with van der Waals surface area (Å²) in [4.78, 5) is 18.3. The van der Waals surface area contributed by atoms with E-state index >= 15 is 0 Å². The molecule has 33 heavy (non-hydrogen) atoms. The third-order valence-electron chi connectivity index (χ3n) is 6.10. The molecule has 0 aliphatic carbocycles. The maximum atomic E-state index is 13.6. The van der Waals surface area contributed by atoms with Gasteiger partial charge in [0.15, 0.2) is 0 Å². The van der Waals surface area contributed by atoms with E-state index in [2.05, 4.69) is 53.3 Å². The molecule has 4 aromatic rings. The highest BCUT2D eigenvalue weighted by molar-refractivity contribution is 6.06. The molecule has 2 heterocycles. The Balaban J connectivity index is 1.64. The fourth-order valence-corrected chi connectivity index (χ4v) is 4.37. The van der Waals surface area contributed by atoms with E-state index in [1.165, 1.54) is 17.7 Å².